The van der Waals surface area contributed by atoms with Crippen LogP contribution in [0.25, 0.3) is 0 Å². The third kappa shape index (κ3) is 3.16. The third-order valence-corrected chi connectivity index (χ3v) is 2.92. The lowest BCUT2D eigenvalue weighted by atomic mass is 10.1. The van der Waals surface area contributed by atoms with E-state index in [9.17, 15) is 19.8 Å². The smallest absolute Gasteiger partial charge is 0.368 e. The van der Waals surface area contributed by atoms with Gasteiger partial charge in [0.05, 0.1) is 19.3 Å². The fourth-order valence-electron chi connectivity index (χ4n) is 1.87. The van der Waals surface area contributed by atoms with Gasteiger partial charge in [0.25, 0.3) is 0 Å². The molecule has 11 nitrogen and oxygen atoms in total. The lowest BCUT2D eigenvalue weighted by Gasteiger charge is -2.15. The van der Waals surface area contributed by atoms with Crippen LogP contribution in [0.15, 0.2) is 11.0 Å². The van der Waals surface area contributed by atoms with Crippen molar-refractivity contribution in [1.29, 1.82) is 0 Å². The van der Waals surface area contributed by atoms with E-state index in [-0.39, 0.29) is 12.4 Å². The number of rotatable bonds is 5. The highest BCUT2D eigenvalue weighted by molar-refractivity contribution is 5.78. The molecule has 1 fully saturated rings. The first-order valence-corrected chi connectivity index (χ1v) is 6.04. The van der Waals surface area contributed by atoms with Gasteiger partial charge in [0.2, 0.25) is 5.91 Å². The van der Waals surface area contributed by atoms with Gasteiger partial charge in [-0.2, -0.15) is 14.8 Å². The number of hydrogen-bond acceptors (Lipinski definition) is 9. The summed E-state index contributed by atoms with van der Waals surface area (Å²) in [5.41, 5.74) is 4.07. The first kappa shape index (κ1) is 15.3. The molecule has 6 N–H and O–H groups in total. The number of ether oxygens (including phenoxy) is 1. The Bertz CT molecular complexity index is 577. The number of carbonyl (C=O) groups excluding carboxylic acids is 1. The molecule has 2 heterocycles. The summed E-state index contributed by atoms with van der Waals surface area (Å²) in [6.45, 7) is -0.735. The molecule has 1 aromatic heterocycles. The van der Waals surface area contributed by atoms with Gasteiger partial charge in [0, 0.05) is 0 Å². The molecule has 2 rings (SSSR count). The zero-order valence-electron chi connectivity index (χ0n) is 10.8. The molecule has 1 aliphatic rings. The highest BCUT2D eigenvalue weighted by Crippen LogP contribution is 2.27. The molecule has 0 saturated carbocycles. The molecule has 21 heavy (non-hydrogen) atoms. The number of aliphatic hydroxyl groups excluding tert-OH is 3. The van der Waals surface area contributed by atoms with E-state index in [1.54, 1.807) is 0 Å². The highest BCUT2D eigenvalue weighted by Gasteiger charge is 2.44. The second-order valence-corrected chi connectivity index (χ2v) is 4.42. The molecule has 0 unspecified atom stereocenters. The third-order valence-electron chi connectivity index (χ3n) is 2.92. The van der Waals surface area contributed by atoms with Crippen molar-refractivity contribution in [1.82, 2.24) is 14.8 Å². The van der Waals surface area contributed by atoms with Crippen LogP contribution < -0.4 is 16.7 Å². The first-order valence-electron chi connectivity index (χ1n) is 6.04. The lowest BCUT2D eigenvalue weighted by molar-refractivity contribution is -0.116. The van der Waals surface area contributed by atoms with Crippen LogP contribution in [0.4, 0.5) is 5.82 Å². The van der Waals surface area contributed by atoms with Crippen LogP contribution in [0, 0.1) is 0 Å². The molecule has 1 amide bonds. The van der Waals surface area contributed by atoms with Crippen molar-refractivity contribution in [2.75, 3.05) is 18.5 Å². The number of carbonyl (C=O) groups is 1. The Morgan fingerprint density at radius 1 is 1.48 bits per heavy atom. The standard InChI is InChI=1S/C10H15N5O6/c11-5(17)1-12-6-2-13-15(10(20)14-6)9-8(19)7(18)4(3-16)21-9/h2,4,7-9,16,18-19H,1,3H2,(H2,11,17)(H,12,14,20)/t4-,7+,8+,9-/m1/s1. The number of anilines is 1. The Hall–Kier alpha value is -2.08. The van der Waals surface area contributed by atoms with Crippen LogP contribution in [0.1, 0.15) is 6.23 Å². The van der Waals surface area contributed by atoms with Crippen molar-refractivity contribution in [2.24, 2.45) is 5.73 Å². The van der Waals surface area contributed by atoms with Gasteiger partial charge in [-0.15, -0.1) is 0 Å². The van der Waals surface area contributed by atoms with E-state index >= 15 is 0 Å². The molecule has 0 radical (unpaired) electrons. The van der Waals surface area contributed by atoms with Gasteiger partial charge in [-0.1, -0.05) is 0 Å². The maximum absolute atomic E-state index is 11.8. The van der Waals surface area contributed by atoms with Crippen LogP contribution in [0.3, 0.4) is 0 Å². The van der Waals surface area contributed by atoms with Crippen LogP contribution in [-0.4, -0.2) is 67.5 Å². The van der Waals surface area contributed by atoms with E-state index in [4.69, 9.17) is 15.6 Å². The second-order valence-electron chi connectivity index (χ2n) is 4.42. The molecule has 1 aliphatic heterocycles. The molecular formula is C10H15N5O6. The number of nitrogens with one attached hydrogen (secondary N) is 1. The zero-order chi connectivity index (χ0) is 15.6. The molecule has 11 heteroatoms. The van der Waals surface area contributed by atoms with Crippen molar-refractivity contribution >= 4 is 11.7 Å². The number of nitrogens with zero attached hydrogens (tertiary/aromatic N) is 3. The molecular weight excluding hydrogens is 286 g/mol. The van der Waals surface area contributed by atoms with E-state index in [2.05, 4.69) is 15.4 Å². The van der Waals surface area contributed by atoms with E-state index in [1.807, 2.05) is 0 Å². The summed E-state index contributed by atoms with van der Waals surface area (Å²) in [6, 6.07) is 0. The van der Waals surface area contributed by atoms with E-state index in [1.165, 1.54) is 0 Å². The lowest BCUT2D eigenvalue weighted by Crippen LogP contribution is -2.37. The molecule has 1 aromatic rings. The van der Waals surface area contributed by atoms with Gasteiger partial charge < -0.3 is 31.1 Å². The van der Waals surface area contributed by atoms with Gasteiger partial charge in [0.15, 0.2) is 12.0 Å². The number of amides is 1. The summed E-state index contributed by atoms with van der Waals surface area (Å²) >= 11 is 0. The summed E-state index contributed by atoms with van der Waals surface area (Å²) in [4.78, 5) is 26.0. The molecule has 0 spiro atoms. The first-order chi connectivity index (χ1) is 9.93. The number of aromatic nitrogens is 3. The van der Waals surface area contributed by atoms with E-state index in [0.717, 1.165) is 10.9 Å². The molecule has 0 aromatic carbocycles. The number of hydrogen-bond donors (Lipinski definition) is 5. The van der Waals surface area contributed by atoms with Gasteiger partial charge in [0.1, 0.15) is 18.3 Å². The molecule has 1 saturated heterocycles. The maximum atomic E-state index is 11.8. The zero-order valence-corrected chi connectivity index (χ0v) is 10.8. The number of primary amides is 1. The van der Waals surface area contributed by atoms with Gasteiger partial charge >= 0.3 is 5.69 Å². The quantitative estimate of drug-likeness (QED) is 0.365. The predicted molar refractivity (Wildman–Crippen MR) is 67.0 cm³/mol. The summed E-state index contributed by atoms with van der Waals surface area (Å²) in [5, 5.41) is 34.6. The minimum Gasteiger partial charge on any atom is -0.394 e. The normalized spacial score (nSPS) is 28.5. The monoisotopic (exact) mass is 301 g/mol. The predicted octanol–water partition coefficient (Wildman–Crippen LogP) is -3.85. The topological polar surface area (TPSA) is 173 Å². The van der Waals surface area contributed by atoms with Crippen LogP contribution in [0.5, 0.6) is 0 Å². The van der Waals surface area contributed by atoms with Crippen molar-refractivity contribution in [3.8, 4) is 0 Å². The maximum Gasteiger partial charge on any atom is 0.368 e. The molecule has 4 atom stereocenters. The molecule has 0 bridgehead atoms. The second kappa shape index (κ2) is 6.13. The Kier molecular flexibility index (Phi) is 4.47. The minimum absolute atomic E-state index is 0.0294. The summed E-state index contributed by atoms with van der Waals surface area (Å²) < 4.78 is 5.89. The average molecular weight is 301 g/mol. The summed E-state index contributed by atoms with van der Waals surface area (Å²) in [6.07, 6.45) is -3.92. The van der Waals surface area contributed by atoms with Crippen LogP contribution in [-0.2, 0) is 9.53 Å². The van der Waals surface area contributed by atoms with Gasteiger partial charge in [-0.05, 0) is 0 Å². The molecule has 116 valence electrons. The minimum atomic E-state index is -1.43. The Labute approximate surface area is 118 Å². The van der Waals surface area contributed by atoms with E-state index < -0.39 is 42.7 Å². The summed E-state index contributed by atoms with van der Waals surface area (Å²) in [7, 11) is 0. The highest BCUT2D eigenvalue weighted by atomic mass is 16.6. The largest absolute Gasteiger partial charge is 0.394 e. The Morgan fingerprint density at radius 3 is 2.71 bits per heavy atom. The van der Waals surface area contributed by atoms with Crippen LogP contribution in [0.2, 0.25) is 0 Å². The van der Waals surface area contributed by atoms with Crippen molar-refractivity contribution in [3.05, 3.63) is 16.7 Å². The Balaban J connectivity index is 2.18. The summed E-state index contributed by atoms with van der Waals surface area (Å²) in [5.74, 6) is -0.605. The van der Waals surface area contributed by atoms with Gasteiger partial charge in [-0.25, -0.2) is 4.79 Å². The fourth-order valence-corrected chi connectivity index (χ4v) is 1.87. The fraction of sp³-hybridized carbons (Fsp3) is 0.600. The number of nitrogens with two attached hydrogens (primary N) is 1. The van der Waals surface area contributed by atoms with Gasteiger partial charge in [-0.3, -0.25) is 4.79 Å². The van der Waals surface area contributed by atoms with Crippen molar-refractivity contribution in [2.45, 2.75) is 24.5 Å². The van der Waals surface area contributed by atoms with Crippen molar-refractivity contribution < 1.29 is 24.9 Å². The van der Waals surface area contributed by atoms with E-state index in [0.29, 0.717) is 0 Å². The molecule has 0 aliphatic carbocycles. The van der Waals surface area contributed by atoms with Crippen molar-refractivity contribution in [3.63, 3.8) is 0 Å². The number of aliphatic hydroxyl groups is 3. The average Bonchev–Trinajstić information content (AvgIpc) is 2.73. The SMILES string of the molecule is NC(=O)CNc1cnn([C@@H]2O[C@H](CO)[C@H](O)[C@@H]2O)c(=O)n1. The Morgan fingerprint density at radius 2 is 2.19 bits per heavy atom. The van der Waals surface area contributed by atoms with Crippen LogP contribution >= 0.6 is 0 Å².